The van der Waals surface area contributed by atoms with Gasteiger partial charge in [-0.2, -0.15) is 0 Å². The number of hydrogen-bond donors (Lipinski definition) is 1. The van der Waals surface area contributed by atoms with Crippen molar-refractivity contribution in [3.8, 4) is 11.5 Å². The molecule has 1 aromatic heterocycles. The maximum Gasteiger partial charge on any atom is 0.280 e. The van der Waals surface area contributed by atoms with Gasteiger partial charge in [0.25, 0.3) is 11.8 Å². The lowest BCUT2D eigenvalue weighted by Gasteiger charge is -2.37. The van der Waals surface area contributed by atoms with Crippen LogP contribution < -0.4 is 14.8 Å². The predicted molar refractivity (Wildman–Crippen MR) is 133 cm³/mol. The number of piperazine rings is 1. The van der Waals surface area contributed by atoms with Crippen molar-refractivity contribution >= 4 is 62.7 Å². The highest BCUT2D eigenvalue weighted by Crippen LogP contribution is 2.35. The van der Waals surface area contributed by atoms with E-state index in [1.54, 1.807) is 40.9 Å². The van der Waals surface area contributed by atoms with E-state index in [0.717, 1.165) is 31.7 Å². The van der Waals surface area contributed by atoms with Crippen LogP contribution in [0.3, 0.4) is 0 Å². The summed E-state index contributed by atoms with van der Waals surface area (Å²) in [5, 5.41) is 8.56. The molecule has 2 aliphatic heterocycles. The fourth-order valence-electron chi connectivity index (χ4n) is 3.33. The summed E-state index contributed by atoms with van der Waals surface area (Å²) in [7, 11) is 3.59. The van der Waals surface area contributed by atoms with Gasteiger partial charge in [-0.05, 0) is 30.8 Å². The Morgan fingerprint density at radius 1 is 1.27 bits per heavy atom. The minimum absolute atomic E-state index is 0.118. The zero-order valence-electron chi connectivity index (χ0n) is 18.1. The molecule has 2 aromatic rings. The van der Waals surface area contributed by atoms with Gasteiger partial charge < -0.3 is 14.4 Å². The largest absolute Gasteiger partial charge is 0.493 e. The Morgan fingerprint density at radius 2 is 2.06 bits per heavy atom. The molecular formula is C21H23N5O4S3. The van der Waals surface area contributed by atoms with E-state index in [1.165, 1.54) is 30.2 Å². The summed E-state index contributed by atoms with van der Waals surface area (Å²) in [6, 6.07) is 5.28. The summed E-state index contributed by atoms with van der Waals surface area (Å²) in [6.45, 7) is 3.10. The van der Waals surface area contributed by atoms with Crippen molar-refractivity contribution in [3.05, 3.63) is 40.2 Å². The van der Waals surface area contributed by atoms with Crippen LogP contribution in [0.5, 0.6) is 11.5 Å². The molecule has 2 saturated heterocycles. The number of ether oxygens (including phenoxy) is 2. The van der Waals surface area contributed by atoms with Gasteiger partial charge in [-0.15, -0.1) is 11.3 Å². The van der Waals surface area contributed by atoms with E-state index in [9.17, 15) is 9.59 Å². The minimum Gasteiger partial charge on any atom is -0.493 e. The first-order valence-corrected chi connectivity index (χ1v) is 12.3. The number of amides is 2. The fourth-order valence-corrected chi connectivity index (χ4v) is 5.18. The molecule has 0 saturated carbocycles. The molecule has 12 heteroatoms. The predicted octanol–water partition coefficient (Wildman–Crippen LogP) is 2.53. The van der Waals surface area contributed by atoms with Crippen LogP contribution in [0, 0.1) is 0 Å². The van der Waals surface area contributed by atoms with Crippen molar-refractivity contribution in [2.45, 2.75) is 0 Å². The van der Waals surface area contributed by atoms with Crippen molar-refractivity contribution in [2.75, 3.05) is 52.3 Å². The third-order valence-corrected chi connectivity index (χ3v) is 7.03. The average Bonchev–Trinajstić information content (AvgIpc) is 3.41. The molecule has 0 unspecified atom stereocenters. The number of thioether (sulfide) groups is 1. The number of rotatable bonds is 7. The Hall–Kier alpha value is -2.51. The molecule has 3 heterocycles. The molecule has 2 fully saturated rings. The number of benzene rings is 1. The molecule has 0 bridgehead atoms. The second-order valence-electron chi connectivity index (χ2n) is 7.33. The summed E-state index contributed by atoms with van der Waals surface area (Å²) >= 11 is 8.09. The smallest absolute Gasteiger partial charge is 0.280 e. The second kappa shape index (κ2) is 10.6. The van der Waals surface area contributed by atoms with E-state index in [2.05, 4.69) is 22.2 Å². The van der Waals surface area contributed by atoms with Gasteiger partial charge in [0.1, 0.15) is 0 Å². The number of carbonyl (C=O) groups excluding carboxylic acids is 2. The van der Waals surface area contributed by atoms with Gasteiger partial charge in [0, 0.05) is 37.8 Å². The van der Waals surface area contributed by atoms with E-state index < -0.39 is 0 Å². The molecule has 2 amide bonds. The quantitative estimate of drug-likeness (QED) is 0.451. The van der Waals surface area contributed by atoms with Crippen LogP contribution in [-0.4, -0.2) is 83.0 Å². The van der Waals surface area contributed by atoms with Crippen LogP contribution >= 0.6 is 35.3 Å². The Kier molecular flexibility index (Phi) is 7.60. The third-order valence-electron chi connectivity index (χ3n) is 5.06. The summed E-state index contributed by atoms with van der Waals surface area (Å²) in [6.07, 6.45) is 3.40. The second-order valence-corrected chi connectivity index (χ2v) is 9.91. The van der Waals surface area contributed by atoms with Crippen LogP contribution in [0.1, 0.15) is 5.56 Å². The highest BCUT2D eigenvalue weighted by molar-refractivity contribution is 8.26. The number of methoxy groups -OCH3 is 1. The molecule has 9 nitrogen and oxygen atoms in total. The zero-order chi connectivity index (χ0) is 23.4. The number of hydrazine groups is 1. The summed E-state index contributed by atoms with van der Waals surface area (Å²) in [5.74, 6) is 0.450. The molecular weight excluding hydrogens is 482 g/mol. The molecule has 174 valence electrons. The van der Waals surface area contributed by atoms with Crippen molar-refractivity contribution in [2.24, 2.45) is 0 Å². The number of aromatic nitrogens is 1. The molecule has 1 N–H and O–H groups in total. The highest BCUT2D eigenvalue weighted by atomic mass is 32.2. The summed E-state index contributed by atoms with van der Waals surface area (Å²) in [5.41, 5.74) is 0.769. The van der Waals surface area contributed by atoms with E-state index in [4.69, 9.17) is 21.7 Å². The third kappa shape index (κ3) is 5.71. The minimum atomic E-state index is -0.316. The number of nitrogens with one attached hydrogen (secondary N) is 1. The van der Waals surface area contributed by atoms with Gasteiger partial charge in [0.05, 0.1) is 12.0 Å². The van der Waals surface area contributed by atoms with E-state index in [1.807, 2.05) is 5.01 Å². The van der Waals surface area contributed by atoms with Gasteiger partial charge in [0.2, 0.25) is 0 Å². The maximum atomic E-state index is 13.0. The number of hydrogen-bond acceptors (Lipinski definition) is 10. The Labute approximate surface area is 205 Å². The standard InChI is InChI=1S/C21H23N5O4S3/c1-24-6-8-25(9-7-24)26-19(28)17(33-21(26)31)12-14-3-4-15(16(11-14)29-2)30-13-18(27)23-20-22-5-10-32-20/h3-5,10-12H,6-9,13H2,1-2H3,(H,22,23,27). The van der Waals surface area contributed by atoms with Crippen molar-refractivity contribution in [3.63, 3.8) is 0 Å². The lowest BCUT2D eigenvalue weighted by atomic mass is 10.2. The number of nitrogens with zero attached hydrogens (tertiary/aromatic N) is 4. The molecule has 0 spiro atoms. The van der Waals surface area contributed by atoms with Crippen molar-refractivity contribution in [1.82, 2.24) is 19.9 Å². The van der Waals surface area contributed by atoms with Crippen LogP contribution in [0.25, 0.3) is 6.08 Å². The molecule has 4 rings (SSSR count). The Bertz CT molecular complexity index is 1070. The van der Waals surface area contributed by atoms with E-state index in [-0.39, 0.29) is 18.4 Å². The number of thiazole rings is 1. The van der Waals surface area contributed by atoms with Gasteiger partial charge in [-0.1, -0.05) is 30.0 Å². The number of carbonyl (C=O) groups is 2. The number of thiocarbonyl (C=S) groups is 1. The topological polar surface area (TPSA) is 87.2 Å². The molecule has 0 atom stereocenters. The van der Waals surface area contributed by atoms with Gasteiger partial charge >= 0.3 is 0 Å². The summed E-state index contributed by atoms with van der Waals surface area (Å²) < 4.78 is 11.6. The maximum absolute atomic E-state index is 13.0. The lowest BCUT2D eigenvalue weighted by Crippen LogP contribution is -2.54. The first-order valence-electron chi connectivity index (χ1n) is 10.2. The monoisotopic (exact) mass is 505 g/mol. The van der Waals surface area contributed by atoms with Crippen molar-refractivity contribution in [1.29, 1.82) is 0 Å². The van der Waals surface area contributed by atoms with Crippen LogP contribution in [-0.2, 0) is 9.59 Å². The van der Waals surface area contributed by atoms with Crippen molar-refractivity contribution < 1.29 is 19.1 Å². The number of likely N-dealkylation sites (N-methyl/N-ethyl adjacent to an activating group) is 1. The van der Waals surface area contributed by atoms with Gasteiger partial charge in [0.15, 0.2) is 27.6 Å². The van der Waals surface area contributed by atoms with Gasteiger partial charge in [-0.25, -0.2) is 15.0 Å². The summed E-state index contributed by atoms with van der Waals surface area (Å²) in [4.78, 5) is 31.8. The van der Waals surface area contributed by atoms with Gasteiger partial charge in [-0.3, -0.25) is 14.9 Å². The fraction of sp³-hybridized carbons (Fsp3) is 0.333. The first kappa shape index (κ1) is 23.6. The highest BCUT2D eigenvalue weighted by Gasteiger charge is 2.37. The lowest BCUT2D eigenvalue weighted by molar-refractivity contribution is -0.135. The Balaban J connectivity index is 1.42. The van der Waals surface area contributed by atoms with Crippen LogP contribution in [0.2, 0.25) is 0 Å². The van der Waals surface area contributed by atoms with E-state index in [0.29, 0.717) is 25.9 Å². The normalized spacial score (nSPS) is 18.7. The Morgan fingerprint density at radius 3 is 2.76 bits per heavy atom. The average molecular weight is 506 g/mol. The molecule has 33 heavy (non-hydrogen) atoms. The van der Waals surface area contributed by atoms with Crippen LogP contribution in [0.15, 0.2) is 34.7 Å². The van der Waals surface area contributed by atoms with E-state index >= 15 is 0 Å². The molecule has 2 aliphatic rings. The molecule has 0 radical (unpaired) electrons. The molecule has 0 aliphatic carbocycles. The zero-order valence-corrected chi connectivity index (χ0v) is 20.6. The molecule has 1 aromatic carbocycles. The first-order chi connectivity index (χ1) is 15.9. The number of anilines is 1. The SMILES string of the molecule is COc1cc(C=C2SC(=S)N(N3CCN(C)CC3)C2=O)ccc1OCC(=O)Nc1nccs1. The van der Waals surface area contributed by atoms with Crippen LogP contribution in [0.4, 0.5) is 5.13 Å².